The second kappa shape index (κ2) is 8.77. The van der Waals surface area contributed by atoms with E-state index >= 15 is 0 Å². The van der Waals surface area contributed by atoms with Crippen molar-refractivity contribution in [1.82, 2.24) is 14.4 Å². The highest BCUT2D eigenvalue weighted by Crippen LogP contribution is 2.66. The molecule has 1 fully saturated rings. The molecule has 182 valence electrons. The van der Waals surface area contributed by atoms with Gasteiger partial charge in [-0.15, -0.1) is 0 Å². The van der Waals surface area contributed by atoms with Gasteiger partial charge in [0.05, 0.1) is 6.61 Å². The number of hydrogen-bond acceptors (Lipinski definition) is 13. The third kappa shape index (κ3) is 5.48. The van der Waals surface area contributed by atoms with Crippen LogP contribution in [0.25, 0.3) is 5.65 Å². The van der Waals surface area contributed by atoms with E-state index in [1.54, 1.807) is 6.07 Å². The number of nitrogen functional groups attached to an aromatic ring is 1. The molecule has 0 aliphatic carbocycles. The Labute approximate surface area is 183 Å². The van der Waals surface area contributed by atoms with Crippen molar-refractivity contribution < 1.29 is 61.4 Å². The average Bonchev–Trinajstić information content (AvgIpc) is 3.20. The molecule has 18 nitrogen and oxygen atoms in total. The molecule has 21 heteroatoms. The van der Waals surface area contributed by atoms with E-state index in [-0.39, 0.29) is 17.2 Å². The van der Waals surface area contributed by atoms with Gasteiger partial charge < -0.3 is 40.3 Å². The van der Waals surface area contributed by atoms with Crippen molar-refractivity contribution in [3.8, 4) is 6.07 Å². The Morgan fingerprint density at radius 1 is 1.18 bits per heavy atom. The molecule has 1 aliphatic rings. The Balaban J connectivity index is 1.78. The highest BCUT2D eigenvalue weighted by atomic mass is 31.3. The maximum absolute atomic E-state index is 11.9. The lowest BCUT2D eigenvalue weighted by molar-refractivity contribution is -0.0603. The molecule has 8 N–H and O–H groups in total. The summed E-state index contributed by atoms with van der Waals surface area (Å²) in [6, 6.07) is 3.01. The van der Waals surface area contributed by atoms with E-state index in [1.807, 2.05) is 0 Å². The maximum Gasteiger partial charge on any atom is 0.490 e. The van der Waals surface area contributed by atoms with Gasteiger partial charge in [-0.05, 0) is 6.07 Å². The number of phosphoric acid groups is 3. The molecule has 2 unspecified atom stereocenters. The number of nitrogens with zero attached hydrogens (tertiary/aromatic N) is 4. The van der Waals surface area contributed by atoms with Gasteiger partial charge in [-0.3, -0.25) is 8.92 Å². The van der Waals surface area contributed by atoms with Gasteiger partial charge in [0.1, 0.15) is 36.4 Å². The first-order valence-corrected chi connectivity index (χ1v) is 12.9. The molecule has 0 amide bonds. The predicted molar refractivity (Wildman–Crippen MR) is 101 cm³/mol. The number of phosphoric ester groups is 1. The smallest absolute Gasteiger partial charge is 0.387 e. The third-order valence-corrected chi connectivity index (χ3v) is 8.10. The van der Waals surface area contributed by atoms with E-state index in [0.717, 1.165) is 6.33 Å². The molecule has 33 heavy (non-hydrogen) atoms. The summed E-state index contributed by atoms with van der Waals surface area (Å²) in [6.07, 6.45) is -3.04. The Hall–Kier alpha value is -1.80. The molecule has 3 rings (SSSR count). The van der Waals surface area contributed by atoms with E-state index in [9.17, 15) is 34.1 Å². The Bertz CT molecular complexity index is 1240. The van der Waals surface area contributed by atoms with Gasteiger partial charge in [0, 0.05) is 11.8 Å². The molecule has 1 aliphatic heterocycles. The number of hydrogen-bond donors (Lipinski definition) is 7. The number of fused-ring (bicyclic) bond motifs is 1. The van der Waals surface area contributed by atoms with Crippen molar-refractivity contribution in [3.05, 3.63) is 24.2 Å². The molecular weight excluding hydrogens is 515 g/mol. The quantitative estimate of drug-likeness (QED) is 0.191. The number of nitrogens with two attached hydrogens (primary N) is 1. The zero-order valence-electron chi connectivity index (χ0n) is 15.9. The predicted octanol–water partition coefficient (Wildman–Crippen LogP) is -1.51. The Kier molecular flexibility index (Phi) is 6.86. The first kappa shape index (κ1) is 25.8. The fourth-order valence-electron chi connectivity index (χ4n) is 2.97. The van der Waals surface area contributed by atoms with Crippen LogP contribution in [0, 0.1) is 11.3 Å². The lowest BCUT2D eigenvalue weighted by atomic mass is 9.90. The van der Waals surface area contributed by atoms with Crippen molar-refractivity contribution in [2.75, 3.05) is 12.3 Å². The second-order valence-electron chi connectivity index (χ2n) is 6.51. The second-order valence-corrected chi connectivity index (χ2v) is 10.9. The summed E-state index contributed by atoms with van der Waals surface area (Å²) in [5.41, 5.74) is 3.70. The van der Waals surface area contributed by atoms with Crippen molar-refractivity contribution in [3.63, 3.8) is 0 Å². The van der Waals surface area contributed by atoms with E-state index in [4.69, 9.17) is 25.2 Å². The van der Waals surface area contributed by atoms with Crippen LogP contribution in [-0.2, 0) is 37.2 Å². The highest BCUT2D eigenvalue weighted by molar-refractivity contribution is 7.66. The van der Waals surface area contributed by atoms with E-state index < -0.39 is 54.0 Å². The summed E-state index contributed by atoms with van der Waals surface area (Å²) in [7, 11) is -16.9. The minimum Gasteiger partial charge on any atom is -0.387 e. The molecule has 0 radical (unpaired) electrons. The molecule has 0 saturated carbocycles. The van der Waals surface area contributed by atoms with Crippen LogP contribution in [0.15, 0.2) is 18.6 Å². The molecule has 0 aromatic carbocycles. The number of nitriles is 1. The van der Waals surface area contributed by atoms with Crippen molar-refractivity contribution >= 4 is 35.1 Å². The number of aliphatic hydroxyl groups is 2. The van der Waals surface area contributed by atoms with Crippen LogP contribution < -0.4 is 5.73 Å². The summed E-state index contributed by atoms with van der Waals surface area (Å²) >= 11 is 0. The summed E-state index contributed by atoms with van der Waals surface area (Å²) in [5.74, 6) is -0.0171. The Morgan fingerprint density at radius 2 is 1.85 bits per heavy atom. The van der Waals surface area contributed by atoms with E-state index in [2.05, 4.69) is 23.1 Å². The molecular formula is C12H16N5O13P3. The van der Waals surface area contributed by atoms with Crippen LogP contribution in [0.1, 0.15) is 5.56 Å². The molecule has 0 spiro atoms. The fraction of sp³-hybridized carbons (Fsp3) is 0.417. The van der Waals surface area contributed by atoms with Gasteiger partial charge in [0.2, 0.25) is 11.5 Å². The fourth-order valence-corrected chi connectivity index (χ4v) is 6.00. The zero-order chi connectivity index (χ0) is 24.8. The van der Waals surface area contributed by atoms with Gasteiger partial charge in [0.25, 0.3) is 0 Å². The van der Waals surface area contributed by atoms with Crippen LogP contribution in [-0.4, -0.2) is 69.1 Å². The minimum atomic E-state index is -5.76. The molecule has 2 aromatic rings. The monoisotopic (exact) mass is 531 g/mol. The van der Waals surface area contributed by atoms with E-state index in [0.29, 0.717) is 0 Å². The molecule has 3 heterocycles. The molecule has 1 saturated heterocycles. The standard InChI is InChI=1S/C12H16N5O13P3/c13-4-12(6-1-8-15-5-16-11(14)17(8)2-6)10(19)9(18)7(28-12)3-27-32(23,24)30-33(25,26)29-31(20,21)22/h1-2,5,7,9-10,18-19H,3H2,(H,23,24)(H,25,26)(H2,14,15,16)(H2,20,21,22)/t7-,9+,10-,12+/m1/s1. The normalized spacial score (nSPS) is 29.4. The van der Waals surface area contributed by atoms with Crippen molar-refractivity contribution in [2.45, 2.75) is 23.9 Å². The zero-order valence-corrected chi connectivity index (χ0v) is 18.6. The van der Waals surface area contributed by atoms with Gasteiger partial charge in [-0.1, -0.05) is 0 Å². The number of aromatic nitrogens is 3. The van der Waals surface area contributed by atoms with Crippen LogP contribution in [0.3, 0.4) is 0 Å². The van der Waals surface area contributed by atoms with Crippen LogP contribution in [0.4, 0.5) is 5.95 Å². The van der Waals surface area contributed by atoms with E-state index in [1.165, 1.54) is 16.7 Å². The molecule has 6 atom stereocenters. The number of aliphatic hydroxyl groups excluding tert-OH is 2. The first-order valence-electron chi connectivity index (χ1n) is 8.42. The SMILES string of the molecule is N#C[C@@]1(c2cc3ncnc(N)n3c2)O[C@H](COP(=O)(O)OP(=O)(O)OP(=O)(O)O)[C@H](O)[C@H]1O. The lowest BCUT2D eigenvalue weighted by Crippen LogP contribution is -2.39. The van der Waals surface area contributed by atoms with Gasteiger partial charge in [0.15, 0.2) is 0 Å². The summed E-state index contributed by atoms with van der Waals surface area (Å²) in [5, 5.41) is 30.5. The summed E-state index contributed by atoms with van der Waals surface area (Å²) in [4.78, 5) is 43.4. The highest BCUT2D eigenvalue weighted by Gasteiger charge is 2.57. The first-order chi connectivity index (χ1) is 15.1. The van der Waals surface area contributed by atoms with Gasteiger partial charge >= 0.3 is 23.5 Å². The maximum atomic E-state index is 11.9. The number of rotatable bonds is 8. The van der Waals surface area contributed by atoms with Gasteiger partial charge in [-0.25, -0.2) is 23.7 Å². The van der Waals surface area contributed by atoms with Crippen LogP contribution in [0.5, 0.6) is 0 Å². The van der Waals surface area contributed by atoms with Crippen LogP contribution >= 0.6 is 23.5 Å². The summed E-state index contributed by atoms with van der Waals surface area (Å²) in [6.45, 7) is -1.08. The summed E-state index contributed by atoms with van der Waals surface area (Å²) < 4.78 is 52.1. The minimum absolute atomic E-state index is 0.00964. The van der Waals surface area contributed by atoms with Gasteiger partial charge in [-0.2, -0.15) is 13.9 Å². The lowest BCUT2D eigenvalue weighted by Gasteiger charge is -2.23. The third-order valence-electron chi connectivity index (χ3n) is 4.30. The Morgan fingerprint density at radius 3 is 2.42 bits per heavy atom. The van der Waals surface area contributed by atoms with Crippen molar-refractivity contribution in [2.24, 2.45) is 0 Å². The largest absolute Gasteiger partial charge is 0.490 e. The number of ether oxygens (including phenoxy) is 1. The van der Waals surface area contributed by atoms with Crippen molar-refractivity contribution in [1.29, 1.82) is 5.26 Å². The topological polar surface area (TPSA) is 290 Å². The molecule has 2 aromatic heterocycles. The molecule has 0 bridgehead atoms. The number of anilines is 1. The average molecular weight is 531 g/mol. The van der Waals surface area contributed by atoms with Crippen LogP contribution in [0.2, 0.25) is 0 Å².